The number of pyridine rings is 2. The van der Waals surface area contributed by atoms with Gasteiger partial charge < -0.3 is 15.1 Å². The summed E-state index contributed by atoms with van der Waals surface area (Å²) in [6.45, 7) is 6.63. The van der Waals surface area contributed by atoms with Crippen molar-refractivity contribution in [3.05, 3.63) is 37.1 Å². The van der Waals surface area contributed by atoms with E-state index in [4.69, 9.17) is 9.97 Å². The monoisotopic (exact) mass is 376 g/mol. The highest BCUT2D eigenvalue weighted by atomic mass is 15.2. The molecule has 5 rings (SSSR count). The van der Waals surface area contributed by atoms with Crippen molar-refractivity contribution < 1.29 is 0 Å². The molecule has 1 aliphatic heterocycles. The molecule has 5 heterocycles. The first kappa shape index (κ1) is 17.3. The van der Waals surface area contributed by atoms with E-state index in [1.165, 1.54) is 0 Å². The quantitative estimate of drug-likeness (QED) is 0.533. The van der Waals surface area contributed by atoms with E-state index in [0.29, 0.717) is 0 Å². The molecule has 1 fully saturated rings. The Morgan fingerprint density at radius 1 is 1.04 bits per heavy atom. The molecule has 0 atom stereocenters. The maximum absolute atomic E-state index is 4.80. The Morgan fingerprint density at radius 2 is 1.89 bits per heavy atom. The van der Waals surface area contributed by atoms with E-state index in [1.807, 2.05) is 22.7 Å². The van der Waals surface area contributed by atoms with Gasteiger partial charge in [0.25, 0.3) is 0 Å². The fourth-order valence-electron chi connectivity index (χ4n) is 3.85. The average Bonchev–Trinajstić information content (AvgIpc) is 3.10. The number of piperazine rings is 1. The molecular formula is C20H24N8. The van der Waals surface area contributed by atoms with Gasteiger partial charge in [-0.05, 0) is 32.1 Å². The summed E-state index contributed by atoms with van der Waals surface area (Å²) >= 11 is 0. The topological polar surface area (TPSA) is 74.5 Å². The number of hydrogen-bond acceptors (Lipinski definition) is 7. The Balaban J connectivity index is 1.42. The molecule has 4 aromatic rings. The number of anilines is 1. The minimum atomic E-state index is 0.823. The zero-order valence-corrected chi connectivity index (χ0v) is 16.0. The summed E-state index contributed by atoms with van der Waals surface area (Å²) < 4.78 is 1.94. The highest BCUT2D eigenvalue weighted by molar-refractivity contribution is 6.05. The van der Waals surface area contributed by atoms with Gasteiger partial charge in [-0.15, -0.1) is 0 Å². The third-order valence-corrected chi connectivity index (χ3v) is 5.48. The van der Waals surface area contributed by atoms with E-state index in [1.54, 1.807) is 18.7 Å². The number of fused-ring (bicyclic) bond motifs is 4. The number of nitrogens with zero attached hydrogens (tertiary/aromatic N) is 7. The predicted molar refractivity (Wildman–Crippen MR) is 111 cm³/mol. The van der Waals surface area contributed by atoms with Gasteiger partial charge in [-0.1, -0.05) is 0 Å². The molecule has 0 amide bonds. The SMILES string of the molecule is CN1CCN(CCCNc2c3cnccc3nc3c2nc2ccncn23)CC1. The van der Waals surface area contributed by atoms with Crippen LogP contribution in [0, 0.1) is 0 Å². The molecule has 1 N–H and O–H groups in total. The van der Waals surface area contributed by atoms with Gasteiger partial charge in [0.15, 0.2) is 5.65 Å². The molecule has 1 aliphatic rings. The largest absolute Gasteiger partial charge is 0.383 e. The van der Waals surface area contributed by atoms with Crippen LogP contribution in [-0.4, -0.2) is 80.5 Å². The van der Waals surface area contributed by atoms with Crippen molar-refractivity contribution >= 4 is 33.4 Å². The van der Waals surface area contributed by atoms with E-state index >= 15 is 0 Å². The van der Waals surface area contributed by atoms with Gasteiger partial charge in [0, 0.05) is 56.7 Å². The minimum Gasteiger partial charge on any atom is -0.383 e. The summed E-state index contributed by atoms with van der Waals surface area (Å²) in [7, 11) is 2.19. The van der Waals surface area contributed by atoms with Crippen LogP contribution in [0.3, 0.4) is 0 Å². The molecular weight excluding hydrogens is 352 g/mol. The highest BCUT2D eigenvalue weighted by Crippen LogP contribution is 2.30. The highest BCUT2D eigenvalue weighted by Gasteiger charge is 2.16. The molecule has 0 aliphatic carbocycles. The van der Waals surface area contributed by atoms with Crippen LogP contribution in [0.1, 0.15) is 6.42 Å². The predicted octanol–water partition coefficient (Wildman–Crippen LogP) is 1.88. The summed E-state index contributed by atoms with van der Waals surface area (Å²) in [5.74, 6) is 0. The molecule has 28 heavy (non-hydrogen) atoms. The first-order valence-corrected chi connectivity index (χ1v) is 9.80. The second kappa shape index (κ2) is 7.29. The molecule has 8 heteroatoms. The van der Waals surface area contributed by atoms with Crippen LogP contribution in [0.2, 0.25) is 0 Å². The smallest absolute Gasteiger partial charge is 0.168 e. The van der Waals surface area contributed by atoms with Gasteiger partial charge in [0.1, 0.15) is 17.5 Å². The van der Waals surface area contributed by atoms with Crippen LogP contribution in [-0.2, 0) is 0 Å². The summed E-state index contributed by atoms with van der Waals surface area (Å²) in [5, 5.41) is 4.63. The number of hydrogen-bond donors (Lipinski definition) is 1. The summed E-state index contributed by atoms with van der Waals surface area (Å²) in [5.41, 5.74) is 4.46. The molecule has 0 aromatic carbocycles. The van der Waals surface area contributed by atoms with E-state index in [9.17, 15) is 0 Å². The molecule has 0 bridgehead atoms. The molecule has 144 valence electrons. The number of nitrogens with one attached hydrogen (secondary N) is 1. The number of rotatable bonds is 5. The Bertz CT molecular complexity index is 1110. The van der Waals surface area contributed by atoms with Crippen molar-refractivity contribution in [3.63, 3.8) is 0 Å². The lowest BCUT2D eigenvalue weighted by Gasteiger charge is -2.32. The maximum Gasteiger partial charge on any atom is 0.168 e. The van der Waals surface area contributed by atoms with Crippen LogP contribution in [0.15, 0.2) is 37.1 Å². The van der Waals surface area contributed by atoms with E-state index in [2.05, 4.69) is 32.1 Å². The van der Waals surface area contributed by atoms with E-state index < -0.39 is 0 Å². The van der Waals surface area contributed by atoms with Crippen molar-refractivity contribution in [1.29, 1.82) is 0 Å². The van der Waals surface area contributed by atoms with Crippen LogP contribution in [0.4, 0.5) is 5.69 Å². The number of aromatic nitrogens is 5. The average molecular weight is 376 g/mol. The molecule has 4 aromatic heterocycles. The summed E-state index contributed by atoms with van der Waals surface area (Å²) in [4.78, 5) is 23.1. The van der Waals surface area contributed by atoms with Crippen molar-refractivity contribution in [1.82, 2.24) is 34.1 Å². The van der Waals surface area contributed by atoms with Crippen LogP contribution >= 0.6 is 0 Å². The number of imidazole rings is 1. The van der Waals surface area contributed by atoms with E-state index in [0.717, 1.165) is 79.1 Å². The maximum atomic E-state index is 4.80. The lowest BCUT2D eigenvalue weighted by molar-refractivity contribution is 0.154. The van der Waals surface area contributed by atoms with Gasteiger partial charge in [0.2, 0.25) is 0 Å². The second-order valence-corrected chi connectivity index (χ2v) is 7.40. The van der Waals surface area contributed by atoms with Crippen LogP contribution < -0.4 is 5.32 Å². The zero-order valence-electron chi connectivity index (χ0n) is 16.0. The van der Waals surface area contributed by atoms with Crippen molar-refractivity contribution in [3.8, 4) is 0 Å². The van der Waals surface area contributed by atoms with Gasteiger partial charge in [-0.25, -0.2) is 15.0 Å². The van der Waals surface area contributed by atoms with Crippen LogP contribution in [0.5, 0.6) is 0 Å². The summed E-state index contributed by atoms with van der Waals surface area (Å²) in [6.07, 6.45) is 8.25. The Kier molecular flexibility index (Phi) is 4.50. The Morgan fingerprint density at radius 3 is 2.79 bits per heavy atom. The lowest BCUT2D eigenvalue weighted by Crippen LogP contribution is -2.44. The van der Waals surface area contributed by atoms with Gasteiger partial charge in [-0.2, -0.15) is 0 Å². The molecule has 0 unspecified atom stereocenters. The Hall–Kier alpha value is -2.84. The van der Waals surface area contributed by atoms with Crippen molar-refractivity contribution in [2.24, 2.45) is 0 Å². The third kappa shape index (κ3) is 3.14. The van der Waals surface area contributed by atoms with Crippen LogP contribution in [0.25, 0.3) is 27.7 Å². The Labute approximate surface area is 163 Å². The third-order valence-electron chi connectivity index (χ3n) is 5.48. The number of likely N-dealkylation sites (N-methyl/N-ethyl adjacent to an activating group) is 1. The first-order valence-electron chi connectivity index (χ1n) is 9.80. The van der Waals surface area contributed by atoms with Crippen molar-refractivity contribution in [2.45, 2.75) is 6.42 Å². The molecule has 0 radical (unpaired) electrons. The lowest BCUT2D eigenvalue weighted by atomic mass is 10.2. The summed E-state index contributed by atoms with van der Waals surface area (Å²) in [6, 6.07) is 3.85. The molecule has 1 saturated heterocycles. The minimum absolute atomic E-state index is 0.823. The first-order chi connectivity index (χ1) is 13.8. The normalized spacial score (nSPS) is 16.3. The van der Waals surface area contributed by atoms with E-state index in [-0.39, 0.29) is 0 Å². The fourth-order valence-corrected chi connectivity index (χ4v) is 3.85. The second-order valence-electron chi connectivity index (χ2n) is 7.40. The van der Waals surface area contributed by atoms with Gasteiger partial charge in [-0.3, -0.25) is 9.38 Å². The molecule has 0 spiro atoms. The van der Waals surface area contributed by atoms with Crippen molar-refractivity contribution in [2.75, 3.05) is 51.6 Å². The fraction of sp³-hybridized carbons (Fsp3) is 0.400. The molecule has 8 nitrogen and oxygen atoms in total. The zero-order chi connectivity index (χ0) is 18.9. The van der Waals surface area contributed by atoms with Gasteiger partial charge >= 0.3 is 0 Å². The van der Waals surface area contributed by atoms with Gasteiger partial charge in [0.05, 0.1) is 11.2 Å². The standard InChI is InChI=1S/C20H24N8/c1-26-9-11-27(12-10-26)8-2-5-23-18-15-13-21-6-3-16(15)24-20-19(18)25-17-4-7-22-14-28(17)20/h3-4,6-7,13-14H,2,5,8-12H2,1H3,(H,23,24). The molecule has 0 saturated carbocycles.